The first-order chi connectivity index (χ1) is 12.4. The van der Waals surface area contributed by atoms with E-state index >= 15 is 0 Å². The Kier molecular flexibility index (Phi) is 3.45. The van der Waals surface area contributed by atoms with Gasteiger partial charge < -0.3 is 10.8 Å². The van der Waals surface area contributed by atoms with Crippen molar-refractivity contribution in [1.82, 2.24) is 4.90 Å². The predicted octanol–water partition coefficient (Wildman–Crippen LogP) is 2.53. The zero-order chi connectivity index (χ0) is 18.1. The summed E-state index contributed by atoms with van der Waals surface area (Å²) in [7, 11) is 0. The molecular weight excluding hydrogens is 324 g/mol. The molecule has 3 N–H and O–H groups in total. The Balaban J connectivity index is 1.65. The lowest BCUT2D eigenvalue weighted by Gasteiger charge is -2.64. The molecule has 0 radical (unpaired) electrons. The normalized spacial score (nSPS) is 36.3. The lowest BCUT2D eigenvalue weighted by Crippen LogP contribution is -2.72. The highest BCUT2D eigenvalue weighted by Crippen LogP contribution is 2.59. The number of carbonyl (C=O) groups excluding carboxylic acids is 1. The Bertz CT molecular complexity index is 799. The van der Waals surface area contributed by atoms with Gasteiger partial charge in [0, 0.05) is 23.6 Å². The zero-order valence-corrected chi connectivity index (χ0v) is 15.3. The summed E-state index contributed by atoms with van der Waals surface area (Å²) in [5.74, 6) is 0.430. The summed E-state index contributed by atoms with van der Waals surface area (Å²) in [5, 5.41) is 12.1. The van der Waals surface area contributed by atoms with Gasteiger partial charge in [0.25, 0.3) is 0 Å². The van der Waals surface area contributed by atoms with Crippen molar-refractivity contribution in [3.05, 3.63) is 47.0 Å². The van der Waals surface area contributed by atoms with E-state index in [1.54, 1.807) is 0 Å². The van der Waals surface area contributed by atoms with Crippen LogP contribution in [0.3, 0.4) is 0 Å². The first kappa shape index (κ1) is 16.5. The summed E-state index contributed by atoms with van der Waals surface area (Å²) in [5.41, 5.74) is 8.72. The van der Waals surface area contributed by atoms with Gasteiger partial charge in [-0.15, -0.1) is 0 Å². The summed E-state index contributed by atoms with van der Waals surface area (Å²) >= 11 is 0. The number of nitrogens with zero attached hydrogens (tertiary/aromatic N) is 1. The van der Waals surface area contributed by atoms with Crippen molar-refractivity contribution >= 4 is 5.91 Å². The van der Waals surface area contributed by atoms with Crippen molar-refractivity contribution in [2.24, 2.45) is 11.7 Å². The molecule has 0 aromatic heterocycles. The third-order valence-electron chi connectivity index (χ3n) is 7.57. The number of rotatable bonds is 3. The molecule has 0 unspecified atom stereocenters. The Morgan fingerprint density at radius 3 is 2.88 bits per heavy atom. The van der Waals surface area contributed by atoms with E-state index < -0.39 is 11.5 Å². The Hall–Kier alpha value is -1.65. The predicted molar refractivity (Wildman–Crippen MR) is 101 cm³/mol. The molecule has 26 heavy (non-hydrogen) atoms. The van der Waals surface area contributed by atoms with E-state index in [-0.39, 0.29) is 11.5 Å². The van der Waals surface area contributed by atoms with E-state index in [4.69, 9.17) is 5.73 Å². The average molecular weight is 352 g/mol. The molecule has 3 aliphatic carbocycles. The Morgan fingerprint density at radius 1 is 1.35 bits per heavy atom. The van der Waals surface area contributed by atoms with Crippen LogP contribution in [-0.4, -0.2) is 40.6 Å². The highest BCUT2D eigenvalue weighted by Gasteiger charge is 2.63. The number of piperidine rings is 1. The largest absolute Gasteiger partial charge is 0.387 e. The lowest BCUT2D eigenvalue weighted by atomic mass is 9.49. The third kappa shape index (κ3) is 2.18. The molecule has 1 heterocycles. The van der Waals surface area contributed by atoms with Gasteiger partial charge >= 0.3 is 0 Å². The van der Waals surface area contributed by atoms with Crippen LogP contribution in [0, 0.1) is 5.92 Å². The molecule has 4 aliphatic rings. The fourth-order valence-corrected chi connectivity index (χ4v) is 6.03. The van der Waals surface area contributed by atoms with Gasteiger partial charge in [-0.1, -0.05) is 18.2 Å². The minimum atomic E-state index is -0.732. The summed E-state index contributed by atoms with van der Waals surface area (Å²) in [6.45, 7) is 6.42. The monoisotopic (exact) mass is 352 g/mol. The van der Waals surface area contributed by atoms with Crippen molar-refractivity contribution in [3.8, 4) is 0 Å². The molecule has 4 heteroatoms. The van der Waals surface area contributed by atoms with Gasteiger partial charge in [0.2, 0.25) is 5.91 Å². The van der Waals surface area contributed by atoms with E-state index in [1.165, 1.54) is 24.0 Å². The molecule has 5 rings (SSSR count). The summed E-state index contributed by atoms with van der Waals surface area (Å²) in [6.07, 6.45) is 6.97. The molecule has 1 amide bonds. The number of nitrogens with two attached hydrogens (primary N) is 1. The molecule has 3 fully saturated rings. The smallest absolute Gasteiger partial charge is 0.248 e. The molecule has 4 nitrogen and oxygen atoms in total. The minimum Gasteiger partial charge on any atom is -0.387 e. The fraction of sp³-hybridized carbons (Fsp3) is 0.591. The van der Waals surface area contributed by atoms with E-state index in [0.29, 0.717) is 5.56 Å². The van der Waals surface area contributed by atoms with Crippen molar-refractivity contribution in [1.29, 1.82) is 0 Å². The number of primary amides is 1. The second kappa shape index (κ2) is 5.43. The molecule has 0 spiro atoms. The lowest BCUT2D eigenvalue weighted by molar-refractivity contribution is -0.159. The van der Waals surface area contributed by atoms with Crippen molar-refractivity contribution in [3.63, 3.8) is 0 Å². The van der Waals surface area contributed by atoms with Crippen LogP contribution >= 0.6 is 0 Å². The summed E-state index contributed by atoms with van der Waals surface area (Å²) < 4.78 is 0. The van der Waals surface area contributed by atoms with Crippen LogP contribution in [0.1, 0.15) is 60.0 Å². The van der Waals surface area contributed by atoms with Gasteiger partial charge in [0.05, 0.1) is 5.60 Å². The van der Waals surface area contributed by atoms with Crippen LogP contribution in [0.2, 0.25) is 0 Å². The quantitative estimate of drug-likeness (QED) is 0.822. The van der Waals surface area contributed by atoms with E-state index in [2.05, 4.69) is 17.5 Å². The van der Waals surface area contributed by atoms with Crippen molar-refractivity contribution in [2.45, 2.75) is 62.0 Å². The number of amides is 1. The number of fused-ring (bicyclic) bond motifs is 1. The molecule has 3 atom stereocenters. The molecule has 2 saturated carbocycles. The van der Waals surface area contributed by atoms with Crippen LogP contribution in [0.15, 0.2) is 30.4 Å². The maximum Gasteiger partial charge on any atom is 0.248 e. The van der Waals surface area contributed by atoms with Crippen LogP contribution in [0.25, 0.3) is 0 Å². The number of benzene rings is 1. The van der Waals surface area contributed by atoms with Gasteiger partial charge in [-0.25, -0.2) is 0 Å². The topological polar surface area (TPSA) is 66.6 Å². The molecule has 1 aromatic carbocycles. The third-order valence-corrected chi connectivity index (χ3v) is 7.57. The molecule has 1 saturated heterocycles. The van der Waals surface area contributed by atoms with Crippen molar-refractivity contribution < 1.29 is 9.90 Å². The Labute approximate surface area is 155 Å². The van der Waals surface area contributed by atoms with Crippen LogP contribution in [0.4, 0.5) is 0 Å². The molecule has 1 aromatic rings. The number of carbonyl (C=O) groups is 1. The molecular formula is C22H28N2O2. The maximum atomic E-state index is 12.1. The standard InChI is InChI=1S/C22H28N2O2/c1-14-6-7-22(26)19-11-16-4-5-17(20(23)25)10-18(16)21(22,12-14)8-9-24(19)13-15-2-3-15/h4-5,10,15,19,26H,1-3,6-9,11-13H2,(H2,23,25)/t19-,21-,22-/m1/s1. The second-order valence-corrected chi connectivity index (χ2v) is 9.08. The van der Waals surface area contributed by atoms with Crippen LogP contribution in [-0.2, 0) is 11.8 Å². The van der Waals surface area contributed by atoms with E-state index in [0.717, 1.165) is 56.7 Å². The van der Waals surface area contributed by atoms with Gasteiger partial charge in [0.1, 0.15) is 0 Å². The van der Waals surface area contributed by atoms with Gasteiger partial charge in [0.15, 0.2) is 0 Å². The SMILES string of the molecule is C=C1CC[C@@]2(O)[C@H]3Cc4ccc(C(N)=O)cc4[C@@]2(CCN3CC2CC2)C1. The first-order valence-corrected chi connectivity index (χ1v) is 9.99. The average Bonchev–Trinajstić information content (AvgIpc) is 3.42. The minimum absolute atomic E-state index is 0.178. The molecule has 2 bridgehead atoms. The highest BCUT2D eigenvalue weighted by molar-refractivity contribution is 5.93. The molecule has 1 aliphatic heterocycles. The molecule has 138 valence electrons. The number of aliphatic hydroxyl groups is 1. The number of likely N-dealkylation sites (tertiary alicyclic amines) is 1. The van der Waals surface area contributed by atoms with Crippen LogP contribution in [0.5, 0.6) is 0 Å². The van der Waals surface area contributed by atoms with E-state index in [1.807, 2.05) is 12.1 Å². The number of allylic oxidation sites excluding steroid dienone is 1. The maximum absolute atomic E-state index is 12.1. The second-order valence-electron chi connectivity index (χ2n) is 9.08. The number of hydrogen-bond acceptors (Lipinski definition) is 3. The van der Waals surface area contributed by atoms with Gasteiger partial charge in [-0.05, 0) is 80.7 Å². The van der Waals surface area contributed by atoms with Gasteiger partial charge in [-0.2, -0.15) is 0 Å². The first-order valence-electron chi connectivity index (χ1n) is 9.99. The van der Waals surface area contributed by atoms with Gasteiger partial charge in [-0.3, -0.25) is 9.69 Å². The fourth-order valence-electron chi connectivity index (χ4n) is 6.03. The summed E-state index contributed by atoms with van der Waals surface area (Å²) in [6, 6.07) is 6.06. The highest BCUT2D eigenvalue weighted by atomic mass is 16.3. The zero-order valence-electron chi connectivity index (χ0n) is 15.3. The van der Waals surface area contributed by atoms with E-state index in [9.17, 15) is 9.90 Å². The number of hydrogen-bond donors (Lipinski definition) is 2. The van der Waals surface area contributed by atoms with Crippen LogP contribution < -0.4 is 5.73 Å². The summed E-state index contributed by atoms with van der Waals surface area (Å²) in [4.78, 5) is 14.3. The Morgan fingerprint density at radius 2 is 2.15 bits per heavy atom. The van der Waals surface area contributed by atoms with Crippen molar-refractivity contribution in [2.75, 3.05) is 13.1 Å².